The molecule has 1 rings (SSSR count). The number of carbonyl (C=O) groups excluding carboxylic acids is 1. The first-order chi connectivity index (χ1) is 25.6. The Labute approximate surface area is 324 Å². The van der Waals surface area contributed by atoms with E-state index in [1.165, 1.54) is 128 Å². The lowest BCUT2D eigenvalue weighted by Crippen LogP contribution is -2.24. The van der Waals surface area contributed by atoms with Crippen molar-refractivity contribution >= 4 is 5.97 Å². The van der Waals surface area contributed by atoms with Gasteiger partial charge in [0.2, 0.25) is 0 Å². The molecular formula is C49H86O3. The Kier molecular flexibility index (Phi) is 34.7. The number of ether oxygens (including phenoxy) is 1. The lowest BCUT2D eigenvalue weighted by molar-refractivity contribution is -0.151. The first-order valence-corrected chi connectivity index (χ1v) is 22.7. The number of unbranched alkanes of at least 4 members (excludes halogenated alkanes) is 18. The van der Waals surface area contributed by atoms with Gasteiger partial charge in [0.05, 0.1) is 6.10 Å². The Morgan fingerprint density at radius 1 is 0.558 bits per heavy atom. The molecule has 0 radical (unpaired) electrons. The number of esters is 1. The molecular weight excluding hydrogens is 637 g/mol. The quantitative estimate of drug-likeness (QED) is 0.0398. The van der Waals surface area contributed by atoms with E-state index in [9.17, 15) is 9.90 Å². The zero-order valence-electron chi connectivity index (χ0n) is 34.8. The predicted octanol–water partition coefficient (Wildman–Crippen LogP) is 15.4. The van der Waals surface area contributed by atoms with Crippen LogP contribution in [0, 0.1) is 11.8 Å². The number of allylic oxidation sites excluding steroid dienone is 10. The summed E-state index contributed by atoms with van der Waals surface area (Å²) in [7, 11) is 0. The molecule has 0 aromatic heterocycles. The summed E-state index contributed by atoms with van der Waals surface area (Å²) in [5, 5.41) is 10.6. The van der Waals surface area contributed by atoms with Crippen LogP contribution in [0.1, 0.15) is 220 Å². The van der Waals surface area contributed by atoms with Crippen molar-refractivity contribution in [3.05, 3.63) is 60.8 Å². The molecule has 0 amide bonds. The van der Waals surface area contributed by atoms with Crippen LogP contribution in [0.3, 0.4) is 0 Å². The van der Waals surface area contributed by atoms with Crippen LogP contribution in [-0.2, 0) is 9.53 Å². The lowest BCUT2D eigenvalue weighted by Gasteiger charge is -2.23. The maximum Gasteiger partial charge on any atom is 0.306 e. The third kappa shape index (κ3) is 29.6. The third-order valence-electron chi connectivity index (χ3n) is 10.9. The van der Waals surface area contributed by atoms with Gasteiger partial charge in [-0.2, -0.15) is 0 Å². The standard InChI is InChI=1S/C49H86O3/c1-4-7-10-12-14-16-18-20-22-24-26-28-30-32-34-37-39-46(52-49(51)44-45-42-43-48(50)47(45)41-36-9-6-3)40-38-35-33-31-29-27-25-23-21-19-17-15-13-11-8-5-2/h9,14-17,20-23,36,45-48,50H,4-8,10-13,18-19,24-35,37-44H2,1-3H3/b16-14-,17-15-,22-20-,23-21-,36-9-. The molecule has 0 aromatic rings. The molecule has 1 aliphatic carbocycles. The molecule has 0 saturated heterocycles. The molecule has 1 saturated carbocycles. The van der Waals surface area contributed by atoms with Gasteiger partial charge < -0.3 is 9.84 Å². The van der Waals surface area contributed by atoms with Gasteiger partial charge in [0.1, 0.15) is 6.10 Å². The Balaban J connectivity index is 2.33. The van der Waals surface area contributed by atoms with Crippen molar-refractivity contribution in [1.29, 1.82) is 0 Å². The minimum Gasteiger partial charge on any atom is -0.462 e. The summed E-state index contributed by atoms with van der Waals surface area (Å²) in [5.41, 5.74) is 0. The summed E-state index contributed by atoms with van der Waals surface area (Å²) >= 11 is 0. The van der Waals surface area contributed by atoms with E-state index in [1.54, 1.807) is 0 Å². The summed E-state index contributed by atoms with van der Waals surface area (Å²) in [6.45, 7) is 6.66. The highest BCUT2D eigenvalue weighted by Gasteiger charge is 2.35. The van der Waals surface area contributed by atoms with Crippen LogP contribution in [0.4, 0.5) is 0 Å². The fourth-order valence-corrected chi connectivity index (χ4v) is 7.58. The van der Waals surface area contributed by atoms with Gasteiger partial charge in [-0.25, -0.2) is 0 Å². The number of carbonyl (C=O) groups is 1. The van der Waals surface area contributed by atoms with E-state index in [0.29, 0.717) is 6.42 Å². The number of aliphatic hydroxyl groups is 1. The molecule has 0 aromatic carbocycles. The lowest BCUT2D eigenvalue weighted by atomic mass is 9.89. The number of rotatable bonds is 36. The minimum absolute atomic E-state index is 0.0337. The second-order valence-electron chi connectivity index (χ2n) is 15.7. The second kappa shape index (κ2) is 37.4. The van der Waals surface area contributed by atoms with Gasteiger partial charge in [0.25, 0.3) is 0 Å². The van der Waals surface area contributed by atoms with Crippen LogP contribution in [0.5, 0.6) is 0 Å². The first kappa shape index (κ1) is 48.1. The first-order valence-electron chi connectivity index (χ1n) is 22.7. The molecule has 3 heteroatoms. The number of hydrogen-bond donors (Lipinski definition) is 1. The van der Waals surface area contributed by atoms with E-state index in [-0.39, 0.29) is 30.0 Å². The normalized spacial score (nSPS) is 18.2. The molecule has 0 heterocycles. The van der Waals surface area contributed by atoms with Gasteiger partial charge in [-0.05, 0) is 127 Å². The van der Waals surface area contributed by atoms with E-state index < -0.39 is 0 Å². The van der Waals surface area contributed by atoms with E-state index in [2.05, 4.69) is 81.5 Å². The third-order valence-corrected chi connectivity index (χ3v) is 10.9. The highest BCUT2D eigenvalue weighted by atomic mass is 16.5. The number of hydrogen-bond acceptors (Lipinski definition) is 3. The molecule has 1 aliphatic rings. The molecule has 0 aliphatic heterocycles. The molecule has 300 valence electrons. The van der Waals surface area contributed by atoms with Crippen molar-refractivity contribution in [2.45, 2.75) is 232 Å². The van der Waals surface area contributed by atoms with Crippen molar-refractivity contribution in [2.75, 3.05) is 0 Å². The Morgan fingerprint density at radius 2 is 1.00 bits per heavy atom. The fraction of sp³-hybridized carbons (Fsp3) is 0.776. The van der Waals surface area contributed by atoms with Crippen molar-refractivity contribution in [3.63, 3.8) is 0 Å². The maximum absolute atomic E-state index is 13.2. The molecule has 1 N–H and O–H groups in total. The van der Waals surface area contributed by atoms with Gasteiger partial charge in [-0.1, -0.05) is 159 Å². The molecule has 0 spiro atoms. The molecule has 3 nitrogen and oxygen atoms in total. The molecule has 0 bridgehead atoms. The van der Waals surface area contributed by atoms with E-state index >= 15 is 0 Å². The topological polar surface area (TPSA) is 46.5 Å². The Morgan fingerprint density at radius 3 is 1.46 bits per heavy atom. The molecule has 3 atom stereocenters. The average Bonchev–Trinajstić information content (AvgIpc) is 3.48. The highest BCUT2D eigenvalue weighted by molar-refractivity contribution is 5.70. The van der Waals surface area contributed by atoms with Crippen molar-refractivity contribution < 1.29 is 14.6 Å². The largest absolute Gasteiger partial charge is 0.462 e. The monoisotopic (exact) mass is 723 g/mol. The molecule has 3 unspecified atom stereocenters. The van der Waals surface area contributed by atoms with Gasteiger partial charge in [-0.15, -0.1) is 0 Å². The van der Waals surface area contributed by atoms with Gasteiger partial charge in [0.15, 0.2) is 0 Å². The zero-order valence-corrected chi connectivity index (χ0v) is 34.8. The van der Waals surface area contributed by atoms with Gasteiger partial charge in [0, 0.05) is 6.42 Å². The van der Waals surface area contributed by atoms with Crippen LogP contribution >= 0.6 is 0 Å². The minimum atomic E-state index is -0.285. The predicted molar refractivity (Wildman–Crippen MR) is 229 cm³/mol. The summed E-state index contributed by atoms with van der Waals surface area (Å²) in [6.07, 6.45) is 59.0. The van der Waals surface area contributed by atoms with Crippen LogP contribution in [0.2, 0.25) is 0 Å². The summed E-state index contributed by atoms with van der Waals surface area (Å²) in [4.78, 5) is 13.2. The van der Waals surface area contributed by atoms with Crippen LogP contribution in [0.25, 0.3) is 0 Å². The average molecular weight is 723 g/mol. The van der Waals surface area contributed by atoms with E-state index in [0.717, 1.165) is 64.2 Å². The maximum atomic E-state index is 13.2. The number of aliphatic hydroxyl groups excluding tert-OH is 1. The SMILES string of the molecule is CC/C=C\CC1C(O)CCC1CC(=O)OC(CCCCCCCC/C=C\C/C=C\CCCCC)CCCCCCCC/C=C\C/C=C\CCCCC. The second-order valence-corrected chi connectivity index (χ2v) is 15.7. The smallest absolute Gasteiger partial charge is 0.306 e. The van der Waals surface area contributed by atoms with Crippen LogP contribution in [0.15, 0.2) is 60.8 Å². The summed E-state index contributed by atoms with van der Waals surface area (Å²) in [5.74, 6) is 0.399. The van der Waals surface area contributed by atoms with Crippen LogP contribution < -0.4 is 0 Å². The highest BCUT2D eigenvalue weighted by Crippen LogP contribution is 2.37. The molecule has 52 heavy (non-hydrogen) atoms. The molecule has 1 fully saturated rings. The zero-order chi connectivity index (χ0) is 37.6. The fourth-order valence-electron chi connectivity index (χ4n) is 7.58. The summed E-state index contributed by atoms with van der Waals surface area (Å²) in [6, 6.07) is 0. The van der Waals surface area contributed by atoms with Crippen molar-refractivity contribution in [1.82, 2.24) is 0 Å². The van der Waals surface area contributed by atoms with Crippen molar-refractivity contribution in [3.8, 4) is 0 Å². The van der Waals surface area contributed by atoms with Crippen LogP contribution in [-0.4, -0.2) is 23.3 Å². The van der Waals surface area contributed by atoms with Gasteiger partial charge in [-0.3, -0.25) is 4.79 Å². The Hall–Kier alpha value is -1.87. The Bertz CT molecular complexity index is 879. The van der Waals surface area contributed by atoms with Crippen molar-refractivity contribution in [2.24, 2.45) is 11.8 Å². The van der Waals surface area contributed by atoms with E-state index in [1.807, 2.05) is 0 Å². The van der Waals surface area contributed by atoms with E-state index in [4.69, 9.17) is 4.74 Å². The van der Waals surface area contributed by atoms with Gasteiger partial charge >= 0.3 is 5.97 Å². The summed E-state index contributed by atoms with van der Waals surface area (Å²) < 4.78 is 6.21.